The van der Waals surface area contributed by atoms with Gasteiger partial charge in [-0.05, 0) is 38.7 Å². The van der Waals surface area contributed by atoms with Crippen LogP contribution in [0.3, 0.4) is 0 Å². The van der Waals surface area contributed by atoms with Gasteiger partial charge in [0.15, 0.2) is 0 Å². The van der Waals surface area contributed by atoms with Crippen molar-refractivity contribution in [2.24, 2.45) is 0 Å². The summed E-state index contributed by atoms with van der Waals surface area (Å²) in [5.74, 6) is 0.0337. The molecule has 0 bridgehead atoms. The van der Waals surface area contributed by atoms with Gasteiger partial charge in [0, 0.05) is 17.6 Å². The maximum Gasteiger partial charge on any atom is 0.341 e. The Hall–Kier alpha value is -2.08. The van der Waals surface area contributed by atoms with E-state index in [9.17, 15) is 9.90 Å². The van der Waals surface area contributed by atoms with Crippen LogP contribution >= 0.6 is 0 Å². The lowest BCUT2D eigenvalue weighted by atomic mass is 9.84. The normalized spacial score (nSPS) is 24.6. The fourth-order valence-electron chi connectivity index (χ4n) is 3.19. The Balaban J connectivity index is 1.94. The van der Waals surface area contributed by atoms with Gasteiger partial charge in [0.2, 0.25) is 0 Å². The van der Waals surface area contributed by atoms with Crippen LogP contribution < -0.4 is 4.74 Å². The first-order valence-corrected chi connectivity index (χ1v) is 7.81. The zero-order valence-corrected chi connectivity index (χ0v) is 13.7. The number of carbonyl (C=O) groups excluding carboxylic acids is 1. The van der Waals surface area contributed by atoms with Gasteiger partial charge in [0.25, 0.3) is 0 Å². The number of esters is 1. The first-order chi connectivity index (χ1) is 10.9. The number of rotatable bonds is 3. The molecule has 6 heteroatoms. The van der Waals surface area contributed by atoms with E-state index in [1.165, 1.54) is 14.2 Å². The molecule has 0 spiro atoms. The number of hydrogen-bond acceptors (Lipinski definition) is 5. The SMILES string of the molecule is COC(=O)c1cc2cn(C3CCC(C)(O)CC3)nc2cc1OC. The Morgan fingerprint density at radius 2 is 2.04 bits per heavy atom. The lowest BCUT2D eigenvalue weighted by Crippen LogP contribution is -2.31. The zero-order valence-electron chi connectivity index (χ0n) is 13.7. The van der Waals surface area contributed by atoms with Gasteiger partial charge in [0.05, 0.1) is 31.4 Å². The third-order valence-electron chi connectivity index (χ3n) is 4.66. The van der Waals surface area contributed by atoms with Crippen molar-refractivity contribution in [1.29, 1.82) is 0 Å². The van der Waals surface area contributed by atoms with E-state index < -0.39 is 11.6 Å². The van der Waals surface area contributed by atoms with Gasteiger partial charge >= 0.3 is 5.97 Å². The van der Waals surface area contributed by atoms with E-state index >= 15 is 0 Å². The third kappa shape index (κ3) is 3.03. The molecule has 0 radical (unpaired) electrons. The topological polar surface area (TPSA) is 73.6 Å². The summed E-state index contributed by atoms with van der Waals surface area (Å²) in [7, 11) is 2.87. The molecule has 23 heavy (non-hydrogen) atoms. The van der Waals surface area contributed by atoms with E-state index in [-0.39, 0.29) is 6.04 Å². The minimum atomic E-state index is -0.565. The van der Waals surface area contributed by atoms with Crippen LogP contribution in [0.25, 0.3) is 10.9 Å². The molecule has 6 nitrogen and oxygen atoms in total. The summed E-state index contributed by atoms with van der Waals surface area (Å²) >= 11 is 0. The molecular formula is C17H22N2O4. The van der Waals surface area contributed by atoms with Crippen LogP contribution in [0.4, 0.5) is 0 Å². The molecule has 0 unspecified atom stereocenters. The molecule has 124 valence electrons. The molecule has 1 N–H and O–H groups in total. The summed E-state index contributed by atoms with van der Waals surface area (Å²) in [4.78, 5) is 11.9. The van der Waals surface area contributed by atoms with Crippen LogP contribution in [0, 0.1) is 0 Å². The highest BCUT2D eigenvalue weighted by Crippen LogP contribution is 2.35. The second-order valence-corrected chi connectivity index (χ2v) is 6.44. The van der Waals surface area contributed by atoms with Gasteiger partial charge in [-0.1, -0.05) is 0 Å². The number of ether oxygens (including phenoxy) is 2. The molecule has 1 heterocycles. The molecule has 3 rings (SSSR count). The number of hydrogen-bond donors (Lipinski definition) is 1. The fraction of sp³-hybridized carbons (Fsp3) is 0.529. The van der Waals surface area contributed by atoms with Gasteiger partial charge in [-0.15, -0.1) is 0 Å². The quantitative estimate of drug-likeness (QED) is 0.881. The highest BCUT2D eigenvalue weighted by atomic mass is 16.5. The number of methoxy groups -OCH3 is 2. The van der Waals surface area contributed by atoms with Gasteiger partial charge in [-0.2, -0.15) is 5.10 Å². The van der Waals surface area contributed by atoms with Crippen LogP contribution in [0.5, 0.6) is 5.75 Å². The van der Waals surface area contributed by atoms with E-state index in [1.54, 1.807) is 12.1 Å². The van der Waals surface area contributed by atoms with Crippen molar-refractivity contribution >= 4 is 16.9 Å². The van der Waals surface area contributed by atoms with Gasteiger partial charge in [0.1, 0.15) is 11.3 Å². The predicted molar refractivity (Wildman–Crippen MR) is 85.8 cm³/mol. The molecular weight excluding hydrogens is 296 g/mol. The van der Waals surface area contributed by atoms with Crippen LogP contribution in [0.2, 0.25) is 0 Å². The van der Waals surface area contributed by atoms with E-state index in [0.717, 1.165) is 36.6 Å². The van der Waals surface area contributed by atoms with Crippen molar-refractivity contribution in [1.82, 2.24) is 9.78 Å². The van der Waals surface area contributed by atoms with Crippen molar-refractivity contribution in [2.75, 3.05) is 14.2 Å². The Labute approximate surface area is 135 Å². The molecule has 1 saturated carbocycles. The minimum absolute atomic E-state index is 0.273. The molecule has 1 aliphatic carbocycles. The van der Waals surface area contributed by atoms with Crippen molar-refractivity contribution in [2.45, 2.75) is 44.2 Å². The van der Waals surface area contributed by atoms with Crippen molar-refractivity contribution in [3.05, 3.63) is 23.9 Å². The van der Waals surface area contributed by atoms with Crippen LogP contribution in [0.1, 0.15) is 49.0 Å². The van der Waals surface area contributed by atoms with Gasteiger partial charge in [-0.25, -0.2) is 4.79 Å². The van der Waals surface area contributed by atoms with Crippen LogP contribution in [0.15, 0.2) is 18.3 Å². The molecule has 0 atom stereocenters. The molecule has 0 aliphatic heterocycles. The molecule has 1 aromatic heterocycles. The number of nitrogens with zero attached hydrogens (tertiary/aromatic N) is 2. The largest absolute Gasteiger partial charge is 0.496 e. The molecule has 0 saturated heterocycles. The van der Waals surface area contributed by atoms with E-state index in [4.69, 9.17) is 9.47 Å². The van der Waals surface area contributed by atoms with Crippen molar-refractivity contribution in [3.63, 3.8) is 0 Å². The molecule has 2 aromatic rings. The third-order valence-corrected chi connectivity index (χ3v) is 4.66. The number of benzene rings is 1. The second kappa shape index (κ2) is 5.85. The Bertz CT molecular complexity index is 726. The molecule has 1 fully saturated rings. The second-order valence-electron chi connectivity index (χ2n) is 6.44. The van der Waals surface area contributed by atoms with E-state index in [1.807, 2.05) is 17.8 Å². The van der Waals surface area contributed by atoms with Crippen LogP contribution in [-0.4, -0.2) is 40.7 Å². The first kappa shape index (κ1) is 15.8. The lowest BCUT2D eigenvalue weighted by Gasteiger charge is -2.33. The Kier molecular flexibility index (Phi) is 4.02. The number of aromatic nitrogens is 2. The number of fused-ring (bicyclic) bond motifs is 1. The smallest absolute Gasteiger partial charge is 0.341 e. The molecule has 1 aliphatic rings. The Morgan fingerprint density at radius 3 is 2.65 bits per heavy atom. The summed E-state index contributed by atoms with van der Waals surface area (Å²) < 4.78 is 12.0. The zero-order chi connectivity index (χ0) is 16.6. The summed E-state index contributed by atoms with van der Waals surface area (Å²) in [5, 5.41) is 15.6. The van der Waals surface area contributed by atoms with Gasteiger partial charge < -0.3 is 14.6 Å². The van der Waals surface area contributed by atoms with Gasteiger partial charge in [-0.3, -0.25) is 4.68 Å². The average Bonchev–Trinajstić information content (AvgIpc) is 2.95. The summed E-state index contributed by atoms with van der Waals surface area (Å²) in [6.07, 6.45) is 5.27. The van der Waals surface area contributed by atoms with Crippen molar-refractivity contribution < 1.29 is 19.4 Å². The summed E-state index contributed by atoms with van der Waals surface area (Å²) in [6.45, 7) is 1.89. The average molecular weight is 318 g/mol. The standard InChI is InChI=1S/C17H22N2O4/c1-17(21)6-4-12(5-7-17)19-10-11-8-13(16(20)23-3)15(22-2)9-14(11)18-19/h8-10,12,21H,4-7H2,1-3H3. The van der Waals surface area contributed by atoms with E-state index in [0.29, 0.717) is 11.3 Å². The number of carbonyl (C=O) groups is 1. The lowest BCUT2D eigenvalue weighted by molar-refractivity contribution is 0.00859. The Morgan fingerprint density at radius 1 is 1.35 bits per heavy atom. The maximum absolute atomic E-state index is 11.9. The minimum Gasteiger partial charge on any atom is -0.496 e. The highest BCUT2D eigenvalue weighted by Gasteiger charge is 2.30. The monoisotopic (exact) mass is 318 g/mol. The van der Waals surface area contributed by atoms with Crippen molar-refractivity contribution in [3.8, 4) is 5.75 Å². The van der Waals surface area contributed by atoms with E-state index in [2.05, 4.69) is 5.10 Å². The number of aliphatic hydroxyl groups is 1. The van der Waals surface area contributed by atoms with Crippen LogP contribution in [-0.2, 0) is 4.74 Å². The first-order valence-electron chi connectivity index (χ1n) is 7.81. The molecule has 0 amide bonds. The molecule has 1 aromatic carbocycles. The fourth-order valence-corrected chi connectivity index (χ4v) is 3.19. The summed E-state index contributed by atoms with van der Waals surface area (Å²) in [6, 6.07) is 3.79. The highest BCUT2D eigenvalue weighted by molar-refractivity contribution is 5.97. The maximum atomic E-state index is 11.9. The predicted octanol–water partition coefficient (Wildman–Crippen LogP) is 2.70. The summed E-state index contributed by atoms with van der Waals surface area (Å²) in [5.41, 5.74) is 0.616.